The maximum atomic E-state index is 12.8. The van der Waals surface area contributed by atoms with Crippen LogP contribution in [-0.2, 0) is 16.0 Å². The van der Waals surface area contributed by atoms with E-state index >= 15 is 0 Å². The third-order valence-corrected chi connectivity index (χ3v) is 4.37. The highest BCUT2D eigenvalue weighted by Gasteiger charge is 2.47. The Bertz CT molecular complexity index is 691. The molecule has 0 aliphatic rings. The second-order valence-corrected chi connectivity index (χ2v) is 5.84. The fraction of sp³-hybridized carbons (Fsp3) is 0.333. The van der Waals surface area contributed by atoms with Gasteiger partial charge in [0.1, 0.15) is 0 Å². The summed E-state index contributed by atoms with van der Waals surface area (Å²) in [4.78, 5) is 12.8. The third kappa shape index (κ3) is 3.65. The van der Waals surface area contributed by atoms with Crippen LogP contribution in [0.15, 0.2) is 60.7 Å². The SMILES string of the molecule is CCOC(=O)C(C#N)(Cc1ccccc1)C(CC)c1ccccc1. The number of esters is 1. The summed E-state index contributed by atoms with van der Waals surface area (Å²) in [6, 6.07) is 21.8. The van der Waals surface area contributed by atoms with E-state index < -0.39 is 11.4 Å². The largest absolute Gasteiger partial charge is 0.465 e. The van der Waals surface area contributed by atoms with E-state index in [1.165, 1.54) is 0 Å². The molecule has 0 aliphatic carbocycles. The van der Waals surface area contributed by atoms with Crippen molar-refractivity contribution in [2.24, 2.45) is 5.41 Å². The summed E-state index contributed by atoms with van der Waals surface area (Å²) in [6.07, 6.45) is 1.03. The number of ether oxygens (including phenoxy) is 1. The van der Waals surface area contributed by atoms with Crippen molar-refractivity contribution < 1.29 is 9.53 Å². The van der Waals surface area contributed by atoms with Crippen LogP contribution in [0, 0.1) is 16.7 Å². The van der Waals surface area contributed by atoms with Crippen molar-refractivity contribution in [2.45, 2.75) is 32.6 Å². The van der Waals surface area contributed by atoms with Gasteiger partial charge in [0.25, 0.3) is 0 Å². The summed E-state index contributed by atoms with van der Waals surface area (Å²) in [5, 5.41) is 10.0. The van der Waals surface area contributed by atoms with E-state index in [-0.39, 0.29) is 12.5 Å². The normalized spacial score (nSPS) is 14.2. The first-order valence-electron chi connectivity index (χ1n) is 8.35. The molecule has 0 spiro atoms. The van der Waals surface area contributed by atoms with Gasteiger partial charge in [-0.15, -0.1) is 0 Å². The highest BCUT2D eigenvalue weighted by Crippen LogP contribution is 2.42. The molecule has 0 radical (unpaired) electrons. The number of nitrogens with zero attached hydrogens (tertiary/aromatic N) is 1. The number of benzene rings is 2. The summed E-state index contributed by atoms with van der Waals surface area (Å²) >= 11 is 0. The zero-order chi connectivity index (χ0) is 17.4. The lowest BCUT2D eigenvalue weighted by molar-refractivity contribution is -0.153. The Hall–Kier alpha value is -2.60. The quantitative estimate of drug-likeness (QED) is 0.706. The van der Waals surface area contributed by atoms with Gasteiger partial charge in [0.15, 0.2) is 5.41 Å². The average molecular weight is 321 g/mol. The third-order valence-electron chi connectivity index (χ3n) is 4.37. The van der Waals surface area contributed by atoms with Crippen LogP contribution in [0.5, 0.6) is 0 Å². The second-order valence-electron chi connectivity index (χ2n) is 5.84. The summed E-state index contributed by atoms with van der Waals surface area (Å²) in [7, 11) is 0. The Balaban J connectivity index is 2.51. The first kappa shape index (κ1) is 17.7. The van der Waals surface area contributed by atoms with Crippen LogP contribution in [-0.4, -0.2) is 12.6 Å². The first-order valence-corrected chi connectivity index (χ1v) is 8.35. The zero-order valence-corrected chi connectivity index (χ0v) is 14.2. The van der Waals surface area contributed by atoms with E-state index in [1.807, 2.05) is 67.6 Å². The molecule has 3 heteroatoms. The van der Waals surface area contributed by atoms with Crippen molar-refractivity contribution in [3.63, 3.8) is 0 Å². The van der Waals surface area contributed by atoms with Crippen LogP contribution in [0.1, 0.15) is 37.3 Å². The predicted molar refractivity (Wildman–Crippen MR) is 94.3 cm³/mol. The Labute approximate surface area is 143 Å². The number of nitriles is 1. The molecule has 0 heterocycles. The molecule has 0 N–H and O–H groups in total. The summed E-state index contributed by atoms with van der Waals surface area (Å²) in [6.45, 7) is 4.04. The van der Waals surface area contributed by atoms with E-state index in [4.69, 9.17) is 4.74 Å². The average Bonchev–Trinajstić information content (AvgIpc) is 2.63. The molecule has 2 rings (SSSR count). The second kappa shape index (κ2) is 8.31. The van der Waals surface area contributed by atoms with Gasteiger partial charge in [-0.3, -0.25) is 4.79 Å². The molecule has 3 nitrogen and oxygen atoms in total. The molecule has 2 aromatic carbocycles. The van der Waals surface area contributed by atoms with Crippen molar-refractivity contribution in [3.8, 4) is 6.07 Å². The minimum atomic E-state index is -1.23. The van der Waals surface area contributed by atoms with Crippen molar-refractivity contribution in [2.75, 3.05) is 6.61 Å². The summed E-state index contributed by atoms with van der Waals surface area (Å²) in [5.41, 5.74) is 0.722. The van der Waals surface area contributed by atoms with Gasteiger partial charge in [0.2, 0.25) is 0 Å². The maximum absolute atomic E-state index is 12.8. The molecular formula is C21H23NO2. The van der Waals surface area contributed by atoms with Crippen LogP contribution in [0.2, 0.25) is 0 Å². The molecule has 124 valence electrons. The van der Waals surface area contributed by atoms with Gasteiger partial charge in [-0.2, -0.15) is 5.26 Å². The lowest BCUT2D eigenvalue weighted by Gasteiger charge is -2.33. The van der Waals surface area contributed by atoms with Crippen molar-refractivity contribution >= 4 is 5.97 Å². The van der Waals surface area contributed by atoms with Crippen LogP contribution < -0.4 is 0 Å². The van der Waals surface area contributed by atoms with Crippen LogP contribution in [0.25, 0.3) is 0 Å². The fourth-order valence-corrected chi connectivity index (χ4v) is 3.23. The molecule has 2 unspecified atom stereocenters. The summed E-state index contributed by atoms with van der Waals surface area (Å²) in [5.74, 6) is -0.657. The molecule has 2 aromatic rings. The van der Waals surface area contributed by atoms with Crippen molar-refractivity contribution in [1.82, 2.24) is 0 Å². The highest BCUT2D eigenvalue weighted by atomic mass is 16.5. The summed E-state index contributed by atoms with van der Waals surface area (Å²) < 4.78 is 5.31. The highest BCUT2D eigenvalue weighted by molar-refractivity contribution is 5.82. The number of rotatable bonds is 7. The van der Waals surface area contributed by atoms with Crippen LogP contribution in [0.3, 0.4) is 0 Å². The minimum absolute atomic E-state index is 0.219. The van der Waals surface area contributed by atoms with Gasteiger partial charge in [0, 0.05) is 12.3 Å². The molecule has 0 aromatic heterocycles. The minimum Gasteiger partial charge on any atom is -0.465 e. The lowest BCUT2D eigenvalue weighted by Crippen LogP contribution is -2.39. The van der Waals surface area contributed by atoms with Gasteiger partial charge in [-0.05, 0) is 24.5 Å². The van der Waals surface area contributed by atoms with Crippen LogP contribution >= 0.6 is 0 Å². The molecular weight excluding hydrogens is 298 g/mol. The predicted octanol–water partition coefficient (Wildman–Crippen LogP) is 4.50. The van der Waals surface area contributed by atoms with Crippen molar-refractivity contribution in [3.05, 3.63) is 71.8 Å². The van der Waals surface area contributed by atoms with E-state index in [2.05, 4.69) is 6.07 Å². The first-order chi connectivity index (χ1) is 11.7. The number of carbonyl (C=O) groups is 1. The number of carbonyl (C=O) groups excluding carboxylic acids is 1. The molecule has 0 saturated heterocycles. The number of hydrogen-bond acceptors (Lipinski definition) is 3. The van der Waals surface area contributed by atoms with Gasteiger partial charge in [-0.1, -0.05) is 67.6 Å². The molecule has 0 bridgehead atoms. The van der Waals surface area contributed by atoms with Gasteiger partial charge in [0.05, 0.1) is 12.7 Å². The monoisotopic (exact) mass is 321 g/mol. The standard InChI is InChI=1S/C21H23NO2/c1-3-19(18-13-9-6-10-14-18)21(16-22,20(23)24-4-2)15-17-11-7-5-8-12-17/h5-14,19H,3-4,15H2,1-2H3. The Morgan fingerprint density at radius 3 is 2.17 bits per heavy atom. The Morgan fingerprint density at radius 1 is 1.08 bits per heavy atom. The van der Waals surface area contributed by atoms with Gasteiger partial charge in [-0.25, -0.2) is 0 Å². The van der Waals surface area contributed by atoms with E-state index in [1.54, 1.807) is 6.92 Å². The zero-order valence-electron chi connectivity index (χ0n) is 14.2. The fourth-order valence-electron chi connectivity index (χ4n) is 3.23. The molecule has 0 fully saturated rings. The topological polar surface area (TPSA) is 50.1 Å². The van der Waals surface area contributed by atoms with E-state index in [0.29, 0.717) is 12.8 Å². The van der Waals surface area contributed by atoms with Gasteiger partial charge >= 0.3 is 5.97 Å². The molecule has 0 aliphatic heterocycles. The van der Waals surface area contributed by atoms with E-state index in [0.717, 1.165) is 11.1 Å². The Kier molecular flexibility index (Phi) is 6.14. The van der Waals surface area contributed by atoms with Crippen LogP contribution in [0.4, 0.5) is 0 Å². The molecule has 2 atom stereocenters. The molecule has 0 amide bonds. The van der Waals surface area contributed by atoms with Gasteiger partial charge < -0.3 is 4.74 Å². The Morgan fingerprint density at radius 2 is 1.67 bits per heavy atom. The van der Waals surface area contributed by atoms with Crippen molar-refractivity contribution in [1.29, 1.82) is 5.26 Å². The number of hydrogen-bond donors (Lipinski definition) is 0. The molecule has 24 heavy (non-hydrogen) atoms. The maximum Gasteiger partial charge on any atom is 0.327 e. The smallest absolute Gasteiger partial charge is 0.327 e. The molecule has 0 saturated carbocycles. The van der Waals surface area contributed by atoms with E-state index in [9.17, 15) is 10.1 Å². The lowest BCUT2D eigenvalue weighted by atomic mass is 9.68.